The van der Waals surface area contributed by atoms with Gasteiger partial charge in [-0.3, -0.25) is 4.99 Å². The van der Waals surface area contributed by atoms with E-state index in [0.717, 1.165) is 25.0 Å². The molecule has 0 amide bonds. The minimum absolute atomic E-state index is 0. The maximum absolute atomic E-state index is 4.80. The fourth-order valence-electron chi connectivity index (χ4n) is 3.03. The Balaban J connectivity index is 0.00000400. The van der Waals surface area contributed by atoms with E-state index in [-0.39, 0.29) is 24.0 Å². The zero-order chi connectivity index (χ0) is 15.0. The van der Waals surface area contributed by atoms with Crippen LogP contribution in [0.1, 0.15) is 52.9 Å². The van der Waals surface area contributed by atoms with Gasteiger partial charge >= 0.3 is 0 Å². The topological polar surface area (TPSA) is 39.7 Å². The molecule has 0 saturated heterocycles. The summed E-state index contributed by atoms with van der Waals surface area (Å²) < 4.78 is 0. The average molecular weight is 410 g/mol. The molecule has 4 nitrogen and oxygen atoms in total. The van der Waals surface area contributed by atoms with E-state index >= 15 is 0 Å². The third-order valence-corrected chi connectivity index (χ3v) is 4.06. The second-order valence-corrected chi connectivity index (χ2v) is 6.45. The molecule has 1 atom stereocenters. The third-order valence-electron chi connectivity index (χ3n) is 4.06. The van der Waals surface area contributed by atoms with Crippen LogP contribution in [0.15, 0.2) is 4.99 Å². The second kappa shape index (κ2) is 11.5. The number of rotatable bonds is 6. The van der Waals surface area contributed by atoms with Crippen LogP contribution >= 0.6 is 24.0 Å². The van der Waals surface area contributed by atoms with Crippen molar-refractivity contribution in [3.05, 3.63) is 0 Å². The molecule has 5 heteroatoms. The molecule has 1 saturated carbocycles. The van der Waals surface area contributed by atoms with Crippen molar-refractivity contribution in [2.75, 3.05) is 27.2 Å². The Bertz CT molecular complexity index is 286. The Labute approximate surface area is 148 Å². The molecule has 0 aromatic rings. The van der Waals surface area contributed by atoms with E-state index in [9.17, 15) is 0 Å². The summed E-state index contributed by atoms with van der Waals surface area (Å²) in [5, 5.41) is 6.73. The number of likely N-dealkylation sites (N-methyl/N-ethyl adjacent to an activating group) is 1. The molecule has 0 radical (unpaired) electrons. The second-order valence-electron chi connectivity index (χ2n) is 6.45. The lowest BCUT2D eigenvalue weighted by molar-refractivity contribution is 0.176. The Morgan fingerprint density at radius 3 is 2.29 bits per heavy atom. The molecular formula is C16H35IN4. The number of hydrogen-bond donors (Lipinski definition) is 2. The molecule has 1 rings (SSSR count). The predicted molar refractivity (Wildman–Crippen MR) is 104 cm³/mol. The third kappa shape index (κ3) is 8.24. The monoisotopic (exact) mass is 410 g/mol. The number of hydrogen-bond acceptors (Lipinski definition) is 2. The maximum Gasteiger partial charge on any atom is 0.191 e. The predicted octanol–water partition coefficient (Wildman–Crippen LogP) is 3.08. The van der Waals surface area contributed by atoms with Gasteiger partial charge in [-0.05, 0) is 53.6 Å². The molecule has 0 aromatic carbocycles. The van der Waals surface area contributed by atoms with Gasteiger partial charge in [0.2, 0.25) is 0 Å². The summed E-state index contributed by atoms with van der Waals surface area (Å²) in [6.45, 7) is 8.21. The quantitative estimate of drug-likeness (QED) is 0.402. The smallest absolute Gasteiger partial charge is 0.191 e. The van der Waals surface area contributed by atoms with Gasteiger partial charge in [0.15, 0.2) is 5.96 Å². The summed E-state index contributed by atoms with van der Waals surface area (Å²) in [6.07, 6.45) is 6.93. The number of halogens is 1. The highest BCUT2D eigenvalue weighted by molar-refractivity contribution is 14.0. The van der Waals surface area contributed by atoms with Crippen molar-refractivity contribution in [1.82, 2.24) is 15.5 Å². The minimum Gasteiger partial charge on any atom is -0.357 e. The SMILES string of the molecule is CCNC(=NCC(C1CCCCC1)N(C)C)NC(C)C.I. The van der Waals surface area contributed by atoms with Crippen molar-refractivity contribution in [3.63, 3.8) is 0 Å². The van der Waals surface area contributed by atoms with Gasteiger partial charge < -0.3 is 15.5 Å². The van der Waals surface area contributed by atoms with E-state index in [0.29, 0.717) is 12.1 Å². The van der Waals surface area contributed by atoms with E-state index < -0.39 is 0 Å². The van der Waals surface area contributed by atoms with Crippen LogP contribution in [-0.2, 0) is 0 Å². The fraction of sp³-hybridized carbons (Fsp3) is 0.938. The zero-order valence-corrected chi connectivity index (χ0v) is 16.8. The Kier molecular flexibility index (Phi) is 11.5. The molecule has 2 N–H and O–H groups in total. The van der Waals surface area contributed by atoms with E-state index in [2.05, 4.69) is 50.4 Å². The molecule has 0 heterocycles. The van der Waals surface area contributed by atoms with Crippen molar-refractivity contribution in [1.29, 1.82) is 0 Å². The summed E-state index contributed by atoms with van der Waals surface area (Å²) in [7, 11) is 4.38. The van der Waals surface area contributed by atoms with Crippen molar-refractivity contribution in [2.24, 2.45) is 10.9 Å². The van der Waals surface area contributed by atoms with Crippen LogP contribution in [0.2, 0.25) is 0 Å². The standard InChI is InChI=1S/C16H34N4.HI/c1-6-17-16(19-13(2)3)18-12-15(20(4)5)14-10-8-7-9-11-14;/h13-15H,6-12H2,1-5H3,(H2,17,18,19);1H. The van der Waals surface area contributed by atoms with Crippen LogP contribution in [-0.4, -0.2) is 50.1 Å². The van der Waals surface area contributed by atoms with E-state index in [1.54, 1.807) is 0 Å². The maximum atomic E-state index is 4.80. The molecular weight excluding hydrogens is 375 g/mol. The van der Waals surface area contributed by atoms with Crippen LogP contribution in [0.3, 0.4) is 0 Å². The number of guanidine groups is 1. The Hall–Kier alpha value is -0.0400. The molecule has 0 spiro atoms. The van der Waals surface area contributed by atoms with E-state index in [1.807, 2.05) is 0 Å². The van der Waals surface area contributed by atoms with E-state index in [4.69, 9.17) is 4.99 Å². The Morgan fingerprint density at radius 1 is 1.19 bits per heavy atom. The van der Waals surface area contributed by atoms with Crippen LogP contribution < -0.4 is 10.6 Å². The molecule has 1 aliphatic rings. The van der Waals surface area contributed by atoms with Gasteiger partial charge in [0.05, 0.1) is 6.54 Å². The lowest BCUT2D eigenvalue weighted by Crippen LogP contribution is -2.43. The van der Waals surface area contributed by atoms with Gasteiger partial charge in [-0.15, -0.1) is 24.0 Å². The average Bonchev–Trinajstić information content (AvgIpc) is 2.39. The van der Waals surface area contributed by atoms with Gasteiger partial charge in [0.25, 0.3) is 0 Å². The number of nitrogens with one attached hydrogen (secondary N) is 2. The first-order valence-electron chi connectivity index (χ1n) is 8.25. The van der Waals surface area contributed by atoms with Gasteiger partial charge in [0.1, 0.15) is 0 Å². The molecule has 126 valence electrons. The number of nitrogens with zero attached hydrogens (tertiary/aromatic N) is 2. The molecule has 1 fully saturated rings. The highest BCUT2D eigenvalue weighted by atomic mass is 127. The molecule has 0 bridgehead atoms. The van der Waals surface area contributed by atoms with Crippen LogP contribution in [0.25, 0.3) is 0 Å². The first kappa shape index (κ1) is 21.0. The Morgan fingerprint density at radius 2 is 1.81 bits per heavy atom. The van der Waals surface area contributed by atoms with Gasteiger partial charge in [-0.2, -0.15) is 0 Å². The highest BCUT2D eigenvalue weighted by Crippen LogP contribution is 2.28. The van der Waals surface area contributed by atoms with Crippen LogP contribution in [0.5, 0.6) is 0 Å². The first-order valence-corrected chi connectivity index (χ1v) is 8.25. The fourth-order valence-corrected chi connectivity index (χ4v) is 3.03. The zero-order valence-electron chi connectivity index (χ0n) is 14.5. The largest absolute Gasteiger partial charge is 0.357 e. The summed E-state index contributed by atoms with van der Waals surface area (Å²) in [5.41, 5.74) is 0. The summed E-state index contributed by atoms with van der Waals surface area (Å²) in [5.74, 6) is 1.76. The first-order chi connectivity index (χ1) is 9.54. The van der Waals surface area contributed by atoms with Gasteiger partial charge in [0, 0.05) is 18.6 Å². The molecule has 1 unspecified atom stereocenters. The summed E-state index contributed by atoms with van der Waals surface area (Å²) >= 11 is 0. The van der Waals surface area contributed by atoms with E-state index in [1.165, 1.54) is 32.1 Å². The van der Waals surface area contributed by atoms with Crippen LogP contribution in [0, 0.1) is 5.92 Å². The highest BCUT2D eigenvalue weighted by Gasteiger charge is 2.25. The van der Waals surface area contributed by atoms with Crippen molar-refractivity contribution in [3.8, 4) is 0 Å². The minimum atomic E-state index is 0. The summed E-state index contributed by atoms with van der Waals surface area (Å²) in [4.78, 5) is 7.16. The number of aliphatic imine (C=N–C) groups is 1. The normalized spacial score (nSPS) is 18.5. The van der Waals surface area contributed by atoms with Crippen molar-refractivity contribution >= 4 is 29.9 Å². The summed E-state index contributed by atoms with van der Waals surface area (Å²) in [6, 6.07) is 0.984. The van der Waals surface area contributed by atoms with Gasteiger partial charge in [-0.25, -0.2) is 0 Å². The van der Waals surface area contributed by atoms with Crippen molar-refractivity contribution < 1.29 is 0 Å². The lowest BCUT2D eigenvalue weighted by atomic mass is 9.83. The van der Waals surface area contributed by atoms with Gasteiger partial charge in [-0.1, -0.05) is 19.3 Å². The van der Waals surface area contributed by atoms with Crippen LogP contribution in [0.4, 0.5) is 0 Å². The molecule has 0 aromatic heterocycles. The molecule has 1 aliphatic carbocycles. The molecule has 21 heavy (non-hydrogen) atoms. The lowest BCUT2D eigenvalue weighted by Gasteiger charge is -2.34. The van der Waals surface area contributed by atoms with Crippen molar-refractivity contribution in [2.45, 2.75) is 65.0 Å². The molecule has 0 aliphatic heterocycles.